The number of aromatic amines is 1. The smallest absolute Gasteiger partial charge is 0.254 e. The Morgan fingerprint density at radius 3 is 2.84 bits per heavy atom. The van der Waals surface area contributed by atoms with E-state index in [9.17, 15) is 14.3 Å². The fourth-order valence-electron chi connectivity index (χ4n) is 3.63. The number of aliphatic hydroxyl groups excluding tert-OH is 1. The summed E-state index contributed by atoms with van der Waals surface area (Å²) in [5, 5.41) is 17.4. The molecule has 4 aromatic rings. The minimum absolute atomic E-state index is 0.152. The van der Waals surface area contributed by atoms with Crippen LogP contribution in [0.1, 0.15) is 22.8 Å². The molecule has 0 aliphatic rings. The molecule has 0 unspecified atom stereocenters. The first kappa shape index (κ1) is 21.5. The van der Waals surface area contributed by atoms with Gasteiger partial charge < -0.3 is 14.7 Å². The van der Waals surface area contributed by atoms with Crippen LogP contribution >= 0.6 is 0 Å². The number of carbonyl (C=O) groups is 1. The Balaban J connectivity index is 1.66. The molecule has 0 saturated carbocycles. The van der Waals surface area contributed by atoms with Crippen molar-refractivity contribution in [3.63, 3.8) is 0 Å². The summed E-state index contributed by atoms with van der Waals surface area (Å²) in [5.74, 6) is -0.117. The lowest BCUT2D eigenvalue weighted by molar-refractivity contribution is 0.0708. The van der Waals surface area contributed by atoms with Gasteiger partial charge in [-0.25, -0.2) is 4.39 Å². The highest BCUT2D eigenvalue weighted by atomic mass is 19.1. The molecule has 0 aliphatic carbocycles. The first-order valence-corrected chi connectivity index (χ1v) is 10.3. The molecule has 2 N–H and O–H groups in total. The average molecular weight is 434 g/mol. The van der Waals surface area contributed by atoms with E-state index in [4.69, 9.17) is 4.74 Å². The number of carbonyl (C=O) groups excluding carboxylic acids is 1. The SMILES string of the molecule is CCOc1cc(C(=O)N(CCO)Cc2cncc3cn[nH]c23)ccc1-c1cccc(F)c1. The largest absolute Gasteiger partial charge is 0.493 e. The Kier molecular flexibility index (Phi) is 6.42. The molecule has 8 heteroatoms. The molecule has 2 aromatic heterocycles. The molecule has 32 heavy (non-hydrogen) atoms. The minimum Gasteiger partial charge on any atom is -0.493 e. The van der Waals surface area contributed by atoms with Crippen molar-refractivity contribution in [2.45, 2.75) is 13.5 Å². The number of hydrogen-bond donors (Lipinski definition) is 2. The number of aliphatic hydroxyl groups is 1. The summed E-state index contributed by atoms with van der Waals surface area (Å²) in [6, 6.07) is 11.3. The second-order valence-electron chi connectivity index (χ2n) is 7.24. The van der Waals surface area contributed by atoms with Crippen molar-refractivity contribution >= 4 is 16.8 Å². The van der Waals surface area contributed by atoms with Crippen molar-refractivity contribution in [1.29, 1.82) is 0 Å². The van der Waals surface area contributed by atoms with Crippen molar-refractivity contribution < 1.29 is 19.0 Å². The normalized spacial score (nSPS) is 11.0. The molecule has 7 nitrogen and oxygen atoms in total. The topological polar surface area (TPSA) is 91.3 Å². The molecule has 164 valence electrons. The van der Waals surface area contributed by atoms with Gasteiger partial charge in [-0.1, -0.05) is 12.1 Å². The third-order valence-corrected chi connectivity index (χ3v) is 5.12. The van der Waals surface area contributed by atoms with Gasteiger partial charge in [-0.15, -0.1) is 0 Å². The molecule has 2 heterocycles. The van der Waals surface area contributed by atoms with Crippen LogP contribution in [-0.2, 0) is 6.54 Å². The van der Waals surface area contributed by atoms with Crippen LogP contribution in [0.3, 0.4) is 0 Å². The maximum atomic E-state index is 13.7. The van der Waals surface area contributed by atoms with E-state index in [-0.39, 0.29) is 31.4 Å². The summed E-state index contributed by atoms with van der Waals surface area (Å²) < 4.78 is 19.5. The number of amides is 1. The second kappa shape index (κ2) is 9.57. The number of rotatable bonds is 8. The van der Waals surface area contributed by atoms with Gasteiger partial charge in [0.25, 0.3) is 5.91 Å². The van der Waals surface area contributed by atoms with Crippen molar-refractivity contribution in [3.05, 3.63) is 78.0 Å². The van der Waals surface area contributed by atoms with Crippen molar-refractivity contribution in [1.82, 2.24) is 20.1 Å². The molecule has 0 atom stereocenters. The molecule has 1 amide bonds. The molecule has 0 aliphatic heterocycles. The number of halogens is 1. The third-order valence-electron chi connectivity index (χ3n) is 5.12. The zero-order valence-electron chi connectivity index (χ0n) is 17.6. The van der Waals surface area contributed by atoms with E-state index in [2.05, 4.69) is 15.2 Å². The van der Waals surface area contributed by atoms with Gasteiger partial charge >= 0.3 is 0 Å². The van der Waals surface area contributed by atoms with Crippen LogP contribution in [0.25, 0.3) is 22.0 Å². The van der Waals surface area contributed by atoms with Crippen molar-refractivity contribution in [2.75, 3.05) is 19.8 Å². The highest BCUT2D eigenvalue weighted by Crippen LogP contribution is 2.32. The monoisotopic (exact) mass is 434 g/mol. The first-order chi connectivity index (χ1) is 15.6. The Labute approximate surface area is 184 Å². The van der Waals surface area contributed by atoms with E-state index in [1.165, 1.54) is 12.1 Å². The highest BCUT2D eigenvalue weighted by molar-refractivity contribution is 5.96. The van der Waals surface area contributed by atoms with E-state index in [1.807, 2.05) is 6.92 Å². The number of fused-ring (bicyclic) bond motifs is 1. The average Bonchev–Trinajstić information content (AvgIpc) is 3.28. The van der Waals surface area contributed by atoms with Gasteiger partial charge in [0, 0.05) is 47.6 Å². The van der Waals surface area contributed by atoms with Crippen LogP contribution in [0.5, 0.6) is 5.75 Å². The van der Waals surface area contributed by atoms with E-state index in [1.54, 1.807) is 53.8 Å². The van der Waals surface area contributed by atoms with E-state index in [0.29, 0.717) is 29.0 Å². The Morgan fingerprint density at radius 2 is 2.06 bits per heavy atom. The number of pyridine rings is 1. The zero-order valence-corrected chi connectivity index (χ0v) is 17.6. The van der Waals surface area contributed by atoms with Gasteiger partial charge in [0.2, 0.25) is 0 Å². The lowest BCUT2D eigenvalue weighted by Crippen LogP contribution is -2.33. The molecule has 0 radical (unpaired) electrons. The first-order valence-electron chi connectivity index (χ1n) is 10.3. The van der Waals surface area contributed by atoms with Gasteiger partial charge in [0.15, 0.2) is 0 Å². The van der Waals surface area contributed by atoms with Crippen LogP contribution in [0.2, 0.25) is 0 Å². The number of nitrogens with one attached hydrogen (secondary N) is 1. The molecule has 0 bridgehead atoms. The predicted molar refractivity (Wildman–Crippen MR) is 119 cm³/mol. The fourth-order valence-corrected chi connectivity index (χ4v) is 3.63. The van der Waals surface area contributed by atoms with Crippen LogP contribution in [-0.4, -0.2) is 50.9 Å². The summed E-state index contributed by atoms with van der Waals surface area (Å²) >= 11 is 0. The summed E-state index contributed by atoms with van der Waals surface area (Å²) in [5.41, 5.74) is 3.36. The quantitative estimate of drug-likeness (QED) is 0.440. The van der Waals surface area contributed by atoms with Crippen LogP contribution in [0.15, 0.2) is 61.1 Å². The van der Waals surface area contributed by atoms with E-state index >= 15 is 0 Å². The maximum absolute atomic E-state index is 13.7. The molecular formula is C24H23FN4O3. The molecule has 4 rings (SSSR count). The summed E-state index contributed by atoms with van der Waals surface area (Å²) in [4.78, 5) is 19.1. The Bertz CT molecular complexity index is 1240. The van der Waals surface area contributed by atoms with E-state index < -0.39 is 0 Å². The van der Waals surface area contributed by atoms with E-state index in [0.717, 1.165) is 16.5 Å². The van der Waals surface area contributed by atoms with Crippen LogP contribution < -0.4 is 4.74 Å². The lowest BCUT2D eigenvalue weighted by Gasteiger charge is -2.23. The maximum Gasteiger partial charge on any atom is 0.254 e. The Hall–Kier alpha value is -3.78. The molecule has 0 spiro atoms. The molecular weight excluding hydrogens is 411 g/mol. The van der Waals surface area contributed by atoms with Gasteiger partial charge in [-0.2, -0.15) is 5.10 Å². The summed E-state index contributed by atoms with van der Waals surface area (Å²) in [6.07, 6.45) is 5.04. The number of hydrogen-bond acceptors (Lipinski definition) is 5. The van der Waals surface area contributed by atoms with Crippen LogP contribution in [0.4, 0.5) is 4.39 Å². The van der Waals surface area contributed by atoms with Gasteiger partial charge in [-0.05, 0) is 42.8 Å². The number of nitrogens with zero attached hydrogens (tertiary/aromatic N) is 3. The van der Waals surface area contributed by atoms with Crippen molar-refractivity contribution in [2.24, 2.45) is 0 Å². The number of H-pyrrole nitrogens is 1. The molecule has 0 saturated heterocycles. The van der Waals surface area contributed by atoms with Gasteiger partial charge in [0.1, 0.15) is 11.6 Å². The summed E-state index contributed by atoms with van der Waals surface area (Å²) in [6.45, 7) is 2.46. The minimum atomic E-state index is -0.346. The summed E-state index contributed by atoms with van der Waals surface area (Å²) in [7, 11) is 0. The van der Waals surface area contributed by atoms with Crippen LogP contribution in [0, 0.1) is 5.82 Å². The zero-order chi connectivity index (χ0) is 22.5. The van der Waals surface area contributed by atoms with Gasteiger partial charge in [-0.3, -0.25) is 14.9 Å². The number of benzene rings is 2. The molecule has 0 fully saturated rings. The highest BCUT2D eigenvalue weighted by Gasteiger charge is 2.20. The third kappa shape index (κ3) is 4.45. The Morgan fingerprint density at radius 1 is 1.19 bits per heavy atom. The lowest BCUT2D eigenvalue weighted by atomic mass is 10.0. The predicted octanol–water partition coefficient (Wildman–Crippen LogP) is 3.80. The number of aromatic nitrogens is 3. The fraction of sp³-hybridized carbons (Fsp3) is 0.208. The second-order valence-corrected chi connectivity index (χ2v) is 7.24. The number of ether oxygens (including phenoxy) is 1. The van der Waals surface area contributed by atoms with Crippen molar-refractivity contribution in [3.8, 4) is 16.9 Å². The standard InChI is InChI=1S/C24H23FN4O3/c1-2-32-22-11-17(6-7-21(22)16-4-3-5-20(25)10-16)24(31)29(8-9-30)15-19-13-26-12-18-14-27-28-23(18)19/h3-7,10-14,30H,2,8-9,15H2,1H3,(H,27,28). The molecule has 2 aromatic carbocycles. The van der Waals surface area contributed by atoms with Gasteiger partial charge in [0.05, 0.1) is 24.9 Å².